The molecule has 0 aliphatic carbocycles. The molecule has 3 rings (SSSR count). The van der Waals surface area contributed by atoms with Crippen molar-refractivity contribution in [3.05, 3.63) is 56.5 Å². The fourth-order valence-electron chi connectivity index (χ4n) is 3.30. The number of pyridine rings is 1. The molecule has 0 unspecified atom stereocenters. The van der Waals surface area contributed by atoms with Crippen molar-refractivity contribution < 1.29 is 0 Å². The van der Waals surface area contributed by atoms with Gasteiger partial charge in [0, 0.05) is 23.5 Å². The van der Waals surface area contributed by atoms with Crippen molar-refractivity contribution >= 4 is 11.4 Å². The van der Waals surface area contributed by atoms with Crippen LogP contribution in [0.2, 0.25) is 0 Å². The second-order valence-corrected chi connectivity index (χ2v) is 6.08. The standard InChI is InChI=1S/C18H22N2O/c1-11-7-8-15(12(2)10-11)19-17-13(3)16-6-5-9-20(16)18(21)14(17)4/h7-8,10,19H,5-6,9H2,1-4H3. The van der Waals surface area contributed by atoms with E-state index in [1.54, 1.807) is 0 Å². The lowest BCUT2D eigenvalue weighted by Gasteiger charge is -2.18. The number of aromatic nitrogens is 1. The normalized spacial score (nSPS) is 13.3. The van der Waals surface area contributed by atoms with E-state index in [1.807, 2.05) is 11.5 Å². The molecule has 0 saturated carbocycles. The third kappa shape index (κ3) is 2.27. The average molecular weight is 282 g/mol. The smallest absolute Gasteiger partial charge is 0.255 e. The first-order chi connectivity index (χ1) is 9.99. The van der Waals surface area contributed by atoms with Gasteiger partial charge in [0.1, 0.15) is 0 Å². The molecular weight excluding hydrogens is 260 g/mol. The molecule has 0 bridgehead atoms. The average Bonchev–Trinajstić information content (AvgIpc) is 2.93. The minimum atomic E-state index is 0.153. The highest BCUT2D eigenvalue weighted by atomic mass is 16.1. The molecule has 0 fully saturated rings. The van der Waals surface area contributed by atoms with Crippen LogP contribution < -0.4 is 10.9 Å². The van der Waals surface area contributed by atoms with Gasteiger partial charge in [-0.05, 0) is 57.7 Å². The Morgan fingerprint density at radius 1 is 1.10 bits per heavy atom. The highest BCUT2D eigenvalue weighted by molar-refractivity contribution is 5.69. The van der Waals surface area contributed by atoms with Crippen LogP contribution in [-0.4, -0.2) is 4.57 Å². The molecule has 3 nitrogen and oxygen atoms in total. The topological polar surface area (TPSA) is 34.0 Å². The van der Waals surface area contributed by atoms with Crippen LogP contribution in [0.25, 0.3) is 0 Å². The molecule has 0 amide bonds. The largest absolute Gasteiger partial charge is 0.355 e. The lowest BCUT2D eigenvalue weighted by molar-refractivity contribution is 0.715. The maximum Gasteiger partial charge on any atom is 0.255 e. The Hall–Kier alpha value is -2.03. The van der Waals surface area contributed by atoms with Gasteiger partial charge < -0.3 is 9.88 Å². The van der Waals surface area contributed by atoms with E-state index in [-0.39, 0.29) is 5.56 Å². The Morgan fingerprint density at radius 2 is 1.86 bits per heavy atom. The first-order valence-corrected chi connectivity index (χ1v) is 7.56. The van der Waals surface area contributed by atoms with Gasteiger partial charge in [0.15, 0.2) is 0 Å². The Labute approximate surface area is 125 Å². The van der Waals surface area contributed by atoms with E-state index in [1.165, 1.54) is 22.4 Å². The molecule has 21 heavy (non-hydrogen) atoms. The minimum Gasteiger partial charge on any atom is -0.355 e. The number of rotatable bonds is 2. The number of hydrogen-bond acceptors (Lipinski definition) is 2. The second kappa shape index (κ2) is 5.06. The SMILES string of the molecule is Cc1ccc(Nc2c(C)c3n(c(=O)c2C)CCC3)c(C)c1. The number of fused-ring (bicyclic) bond motifs is 1. The molecule has 1 aliphatic heterocycles. The predicted molar refractivity (Wildman–Crippen MR) is 87.7 cm³/mol. The molecule has 0 saturated heterocycles. The maximum atomic E-state index is 12.5. The number of nitrogens with one attached hydrogen (secondary N) is 1. The van der Waals surface area contributed by atoms with Crippen molar-refractivity contribution in [3.63, 3.8) is 0 Å². The monoisotopic (exact) mass is 282 g/mol. The van der Waals surface area contributed by atoms with Crippen LogP contribution in [0.1, 0.15) is 34.4 Å². The van der Waals surface area contributed by atoms with Crippen LogP contribution in [0.3, 0.4) is 0 Å². The summed E-state index contributed by atoms with van der Waals surface area (Å²) in [7, 11) is 0. The van der Waals surface area contributed by atoms with Gasteiger partial charge in [0.25, 0.3) is 5.56 Å². The minimum absolute atomic E-state index is 0.153. The van der Waals surface area contributed by atoms with Crippen molar-refractivity contribution in [1.82, 2.24) is 4.57 Å². The van der Waals surface area contributed by atoms with Gasteiger partial charge in [0.2, 0.25) is 0 Å². The highest BCUT2D eigenvalue weighted by Gasteiger charge is 2.20. The summed E-state index contributed by atoms with van der Waals surface area (Å²) in [6.45, 7) is 9.09. The van der Waals surface area contributed by atoms with Crippen molar-refractivity contribution in [1.29, 1.82) is 0 Å². The lowest BCUT2D eigenvalue weighted by Crippen LogP contribution is -2.24. The van der Waals surface area contributed by atoms with E-state index in [0.717, 1.165) is 36.3 Å². The third-order valence-electron chi connectivity index (χ3n) is 4.51. The van der Waals surface area contributed by atoms with Crippen LogP contribution in [0.5, 0.6) is 0 Å². The lowest BCUT2D eigenvalue weighted by atomic mass is 10.1. The molecule has 1 N–H and O–H groups in total. The quantitative estimate of drug-likeness (QED) is 0.909. The van der Waals surface area contributed by atoms with E-state index < -0.39 is 0 Å². The fraction of sp³-hybridized carbons (Fsp3) is 0.389. The van der Waals surface area contributed by atoms with Crippen molar-refractivity contribution in [2.75, 3.05) is 5.32 Å². The Bertz CT molecular complexity index is 772. The van der Waals surface area contributed by atoms with Crippen LogP contribution in [0.15, 0.2) is 23.0 Å². The number of nitrogens with zero attached hydrogens (tertiary/aromatic N) is 1. The summed E-state index contributed by atoms with van der Waals surface area (Å²) >= 11 is 0. The molecule has 1 aliphatic rings. The van der Waals surface area contributed by atoms with E-state index >= 15 is 0 Å². The van der Waals surface area contributed by atoms with E-state index in [4.69, 9.17) is 0 Å². The van der Waals surface area contributed by atoms with Gasteiger partial charge >= 0.3 is 0 Å². The van der Waals surface area contributed by atoms with Crippen LogP contribution in [0, 0.1) is 27.7 Å². The molecule has 2 heterocycles. The molecule has 3 heteroatoms. The van der Waals surface area contributed by atoms with Crippen LogP contribution >= 0.6 is 0 Å². The second-order valence-electron chi connectivity index (χ2n) is 6.08. The molecule has 110 valence electrons. The summed E-state index contributed by atoms with van der Waals surface area (Å²) in [4.78, 5) is 12.5. The third-order valence-corrected chi connectivity index (χ3v) is 4.51. The van der Waals surface area contributed by atoms with Gasteiger partial charge in [-0.2, -0.15) is 0 Å². The summed E-state index contributed by atoms with van der Waals surface area (Å²) in [5, 5.41) is 3.49. The molecule has 0 radical (unpaired) electrons. The van der Waals surface area contributed by atoms with Gasteiger partial charge in [-0.1, -0.05) is 17.7 Å². The Morgan fingerprint density at radius 3 is 2.57 bits per heavy atom. The fourth-order valence-corrected chi connectivity index (χ4v) is 3.30. The van der Waals surface area contributed by atoms with Crippen LogP contribution in [0.4, 0.5) is 11.4 Å². The Balaban J connectivity index is 2.11. The van der Waals surface area contributed by atoms with Gasteiger partial charge in [-0.3, -0.25) is 4.79 Å². The Kier molecular flexibility index (Phi) is 3.36. The van der Waals surface area contributed by atoms with Crippen molar-refractivity contribution in [3.8, 4) is 0 Å². The first-order valence-electron chi connectivity index (χ1n) is 7.56. The summed E-state index contributed by atoms with van der Waals surface area (Å²) in [5.74, 6) is 0. The van der Waals surface area contributed by atoms with Gasteiger partial charge in [-0.25, -0.2) is 0 Å². The summed E-state index contributed by atoms with van der Waals surface area (Å²) < 4.78 is 1.94. The van der Waals surface area contributed by atoms with Gasteiger partial charge in [0.05, 0.1) is 5.69 Å². The van der Waals surface area contributed by atoms with E-state index in [0.29, 0.717) is 0 Å². The number of aryl methyl sites for hydroxylation is 2. The van der Waals surface area contributed by atoms with Crippen LogP contribution in [-0.2, 0) is 13.0 Å². The summed E-state index contributed by atoms with van der Waals surface area (Å²) in [6, 6.07) is 6.35. The maximum absolute atomic E-state index is 12.5. The first kappa shape index (κ1) is 13.9. The zero-order chi connectivity index (χ0) is 15.1. The highest BCUT2D eigenvalue weighted by Crippen LogP contribution is 2.29. The van der Waals surface area contributed by atoms with E-state index in [9.17, 15) is 4.79 Å². The van der Waals surface area contributed by atoms with Gasteiger partial charge in [-0.15, -0.1) is 0 Å². The number of hydrogen-bond donors (Lipinski definition) is 1. The van der Waals surface area contributed by atoms with Crippen molar-refractivity contribution in [2.24, 2.45) is 0 Å². The zero-order valence-electron chi connectivity index (χ0n) is 13.2. The molecule has 2 aromatic rings. The molecule has 0 atom stereocenters. The molecule has 1 aromatic carbocycles. The molecule has 1 aromatic heterocycles. The summed E-state index contributed by atoms with van der Waals surface area (Å²) in [5.41, 5.74) is 7.89. The number of anilines is 2. The predicted octanol–water partition coefficient (Wildman–Crippen LogP) is 3.77. The number of benzene rings is 1. The van der Waals surface area contributed by atoms with E-state index in [2.05, 4.69) is 44.3 Å². The zero-order valence-corrected chi connectivity index (χ0v) is 13.2. The van der Waals surface area contributed by atoms with Crippen molar-refractivity contribution in [2.45, 2.75) is 47.1 Å². The summed E-state index contributed by atoms with van der Waals surface area (Å²) in [6.07, 6.45) is 2.07. The molecular formula is C18H22N2O. The molecule has 0 spiro atoms.